The minimum absolute atomic E-state index is 0.114. The topological polar surface area (TPSA) is 125 Å². The number of benzene rings is 5. The van der Waals surface area contributed by atoms with E-state index in [-0.39, 0.29) is 22.0 Å². The van der Waals surface area contributed by atoms with E-state index in [0.717, 1.165) is 16.2 Å². The van der Waals surface area contributed by atoms with Crippen molar-refractivity contribution < 1.29 is 18.1 Å². The van der Waals surface area contributed by atoms with E-state index in [2.05, 4.69) is 10.6 Å². The van der Waals surface area contributed by atoms with Gasteiger partial charge in [0.2, 0.25) is 0 Å². The molecule has 5 aromatic carbocycles. The van der Waals surface area contributed by atoms with Crippen LogP contribution in [0.15, 0.2) is 95.9 Å². The second kappa shape index (κ2) is 8.26. The first-order chi connectivity index (χ1) is 16.3. The van der Waals surface area contributed by atoms with Gasteiger partial charge in [0.25, 0.3) is 10.1 Å². The lowest BCUT2D eigenvalue weighted by atomic mass is 10.1. The van der Waals surface area contributed by atoms with Crippen molar-refractivity contribution in [1.29, 1.82) is 0 Å². The van der Waals surface area contributed by atoms with Crippen molar-refractivity contribution in [3.8, 4) is 5.75 Å². The zero-order valence-electron chi connectivity index (χ0n) is 17.9. The smallest absolute Gasteiger partial charge is 0.298 e. The number of nitrogen functional groups attached to an aromatic ring is 1. The lowest BCUT2D eigenvalue weighted by Gasteiger charge is -2.17. The van der Waals surface area contributed by atoms with Gasteiger partial charge in [-0.05, 0) is 59.3 Å². The molecule has 5 aromatic rings. The van der Waals surface area contributed by atoms with Gasteiger partial charge < -0.3 is 21.5 Å². The molecular formula is C26H21N3O4S. The molecular weight excluding hydrogens is 450 g/mol. The first-order valence-corrected chi connectivity index (χ1v) is 11.9. The number of anilines is 5. The van der Waals surface area contributed by atoms with Crippen LogP contribution in [-0.4, -0.2) is 18.1 Å². The molecule has 0 aliphatic rings. The Hall–Kier alpha value is -4.27. The number of phenolic OH excluding ortho intramolecular Hbond substituents is 1. The SMILES string of the molecule is Nc1ccc2c(Nc3cccc(Nc4ccc5cccc(O)c5c4)c3S(=O)(=O)O)cccc2c1. The number of aromatic hydroxyl groups is 1. The van der Waals surface area contributed by atoms with Gasteiger partial charge in [-0.25, -0.2) is 0 Å². The number of hydrogen-bond acceptors (Lipinski definition) is 6. The highest BCUT2D eigenvalue weighted by molar-refractivity contribution is 7.86. The van der Waals surface area contributed by atoms with E-state index in [0.29, 0.717) is 22.4 Å². The molecule has 0 unspecified atom stereocenters. The Kier molecular flexibility index (Phi) is 5.24. The van der Waals surface area contributed by atoms with Gasteiger partial charge in [0.1, 0.15) is 10.6 Å². The molecule has 0 aromatic heterocycles. The summed E-state index contributed by atoms with van der Waals surface area (Å²) in [5.74, 6) is 0.114. The van der Waals surface area contributed by atoms with E-state index in [1.807, 2.05) is 42.5 Å². The van der Waals surface area contributed by atoms with Gasteiger partial charge in [-0.3, -0.25) is 4.55 Å². The van der Waals surface area contributed by atoms with Crippen molar-refractivity contribution in [2.75, 3.05) is 16.4 Å². The molecule has 8 heteroatoms. The molecule has 0 atom stereocenters. The Balaban J connectivity index is 1.59. The summed E-state index contributed by atoms with van der Waals surface area (Å²) >= 11 is 0. The fourth-order valence-corrected chi connectivity index (χ4v) is 4.85. The monoisotopic (exact) mass is 471 g/mol. The summed E-state index contributed by atoms with van der Waals surface area (Å²) in [6.07, 6.45) is 0. The number of nitrogens with two attached hydrogens (primary N) is 1. The van der Waals surface area contributed by atoms with Gasteiger partial charge in [-0.1, -0.05) is 42.5 Å². The summed E-state index contributed by atoms with van der Waals surface area (Å²) in [4.78, 5) is -0.292. The second-order valence-electron chi connectivity index (χ2n) is 7.91. The van der Waals surface area contributed by atoms with E-state index in [1.165, 1.54) is 0 Å². The maximum atomic E-state index is 12.4. The molecule has 0 spiro atoms. The largest absolute Gasteiger partial charge is 0.507 e. The minimum Gasteiger partial charge on any atom is -0.507 e. The standard InChI is InChI=1S/C26H21N3O4S/c27-18-11-13-20-17(14-18)5-1-6-22(20)29-24-8-3-7-23(26(24)34(31,32)33)28-19-12-10-16-4-2-9-25(30)21(16)15-19/h1-15,28-30H,27H2,(H,31,32,33). The molecule has 0 heterocycles. The van der Waals surface area contributed by atoms with Gasteiger partial charge in [-0.2, -0.15) is 8.42 Å². The molecule has 0 aliphatic carbocycles. The Morgan fingerprint density at radius 3 is 2.15 bits per heavy atom. The molecule has 170 valence electrons. The Morgan fingerprint density at radius 2 is 1.35 bits per heavy atom. The lowest BCUT2D eigenvalue weighted by Crippen LogP contribution is -2.07. The Morgan fingerprint density at radius 1 is 0.676 bits per heavy atom. The molecule has 0 amide bonds. The number of nitrogens with one attached hydrogen (secondary N) is 2. The highest BCUT2D eigenvalue weighted by Gasteiger charge is 2.21. The van der Waals surface area contributed by atoms with Crippen LogP contribution in [0.2, 0.25) is 0 Å². The minimum atomic E-state index is -4.61. The van der Waals surface area contributed by atoms with Gasteiger partial charge in [-0.15, -0.1) is 0 Å². The highest BCUT2D eigenvalue weighted by Crippen LogP contribution is 2.36. The number of rotatable bonds is 5. The molecule has 0 bridgehead atoms. The third-order valence-corrected chi connectivity index (χ3v) is 6.54. The zero-order valence-corrected chi connectivity index (χ0v) is 18.7. The molecule has 0 aliphatic heterocycles. The van der Waals surface area contributed by atoms with Crippen LogP contribution in [0.25, 0.3) is 21.5 Å². The summed E-state index contributed by atoms with van der Waals surface area (Å²) in [5.41, 5.74) is 8.12. The van der Waals surface area contributed by atoms with Crippen LogP contribution in [0.3, 0.4) is 0 Å². The Bertz CT molecular complexity index is 1670. The van der Waals surface area contributed by atoms with Gasteiger partial charge in [0.15, 0.2) is 0 Å². The highest BCUT2D eigenvalue weighted by atomic mass is 32.2. The predicted molar refractivity (Wildman–Crippen MR) is 137 cm³/mol. The van der Waals surface area contributed by atoms with Crippen LogP contribution >= 0.6 is 0 Å². The van der Waals surface area contributed by atoms with Crippen molar-refractivity contribution in [2.45, 2.75) is 4.90 Å². The molecule has 0 radical (unpaired) electrons. The normalized spacial score (nSPS) is 11.6. The van der Waals surface area contributed by atoms with E-state index in [4.69, 9.17) is 5.73 Å². The quantitative estimate of drug-likeness (QED) is 0.157. The van der Waals surface area contributed by atoms with Crippen LogP contribution in [0.5, 0.6) is 5.75 Å². The maximum Gasteiger partial charge on any atom is 0.298 e. The summed E-state index contributed by atoms with van der Waals surface area (Å²) in [6, 6.07) is 26.3. The van der Waals surface area contributed by atoms with E-state index in [1.54, 1.807) is 48.5 Å². The van der Waals surface area contributed by atoms with Crippen LogP contribution in [0, 0.1) is 0 Å². The molecule has 34 heavy (non-hydrogen) atoms. The fourth-order valence-electron chi connectivity index (χ4n) is 4.06. The van der Waals surface area contributed by atoms with Crippen LogP contribution in [0.1, 0.15) is 0 Å². The fraction of sp³-hybridized carbons (Fsp3) is 0. The summed E-state index contributed by atoms with van der Waals surface area (Å²) in [6.45, 7) is 0. The molecule has 0 saturated carbocycles. The molecule has 5 rings (SSSR count). The molecule has 7 nitrogen and oxygen atoms in total. The second-order valence-corrected chi connectivity index (χ2v) is 9.26. The van der Waals surface area contributed by atoms with Crippen molar-refractivity contribution >= 4 is 60.1 Å². The lowest BCUT2D eigenvalue weighted by molar-refractivity contribution is 0.481. The van der Waals surface area contributed by atoms with Crippen molar-refractivity contribution in [3.05, 3.63) is 91.0 Å². The third kappa shape index (κ3) is 4.07. The molecule has 0 saturated heterocycles. The zero-order chi connectivity index (χ0) is 23.9. The Labute approximate surface area is 196 Å². The van der Waals surface area contributed by atoms with Crippen molar-refractivity contribution in [1.82, 2.24) is 0 Å². The van der Waals surface area contributed by atoms with E-state index in [9.17, 15) is 18.1 Å². The van der Waals surface area contributed by atoms with Crippen LogP contribution in [-0.2, 0) is 10.1 Å². The summed E-state index contributed by atoms with van der Waals surface area (Å²) in [5, 5.41) is 19.6. The first kappa shape index (κ1) is 21.6. The average Bonchev–Trinajstić information content (AvgIpc) is 2.79. The third-order valence-electron chi connectivity index (χ3n) is 5.58. The van der Waals surface area contributed by atoms with Gasteiger partial charge in [0.05, 0.1) is 11.4 Å². The first-order valence-electron chi connectivity index (χ1n) is 10.4. The number of hydrogen-bond donors (Lipinski definition) is 5. The number of fused-ring (bicyclic) bond motifs is 2. The van der Waals surface area contributed by atoms with Crippen LogP contribution in [0.4, 0.5) is 28.4 Å². The van der Waals surface area contributed by atoms with E-state index < -0.39 is 10.1 Å². The van der Waals surface area contributed by atoms with Crippen LogP contribution < -0.4 is 16.4 Å². The van der Waals surface area contributed by atoms with Crippen molar-refractivity contribution in [3.63, 3.8) is 0 Å². The van der Waals surface area contributed by atoms with E-state index >= 15 is 0 Å². The predicted octanol–water partition coefficient (Wildman–Crippen LogP) is 6.01. The van der Waals surface area contributed by atoms with Crippen molar-refractivity contribution in [2.24, 2.45) is 0 Å². The van der Waals surface area contributed by atoms with Gasteiger partial charge in [0, 0.05) is 27.8 Å². The number of phenols is 1. The average molecular weight is 472 g/mol. The van der Waals surface area contributed by atoms with Gasteiger partial charge >= 0.3 is 0 Å². The maximum absolute atomic E-state index is 12.4. The summed E-state index contributed by atoms with van der Waals surface area (Å²) in [7, 11) is -4.61. The molecule has 0 fully saturated rings. The summed E-state index contributed by atoms with van der Waals surface area (Å²) < 4.78 is 35.0. The molecule has 6 N–H and O–H groups in total.